The topological polar surface area (TPSA) is 245 Å². The second-order valence-corrected chi connectivity index (χ2v) is 24.2. The van der Waals surface area contributed by atoms with Crippen molar-refractivity contribution in [1.29, 1.82) is 0 Å². The molecule has 21 nitrogen and oxygen atoms in total. The number of nitrogen functional groups attached to an aromatic ring is 1. The molecule has 2 unspecified atom stereocenters. The van der Waals surface area contributed by atoms with Crippen LogP contribution in [0.5, 0.6) is 11.6 Å². The molecule has 6 aliphatic rings. The predicted octanol–water partition coefficient (Wildman–Crippen LogP) is 7.02. The standard InChI is InChI=1S/C60H73N13O8S/c1-35(2)55(59(77)72-33-43(74)26-50(72)58(76)64-36(3)38-9-11-39(12-10-38)56-37(4)63-34-82-56)52-30-53(67-81-52)68-21-23-70(24-22-68)60(78)69-19-16-44(17-20-69)79-45-27-46(28-45)80-54-25-40(15-18-62-54)73-41-13-14-42(73)32-71(31-41)49-29-48(65-66-57(49)61)47-7-5-6-8-51(47)75/h5-12,15,18,25,29-30,34-36,41-46,50,55,74-75H,13-14,16-17,19-24,26-28,31-33H2,1-4H3,(H2,61,66)(H,64,76)/t36-,41?,42?,43+,45?,46?,50-,55+/m0/s1. The van der Waals surface area contributed by atoms with Crippen molar-refractivity contribution >= 4 is 52.2 Å². The van der Waals surface area contributed by atoms with Gasteiger partial charge in [0.1, 0.15) is 23.8 Å². The summed E-state index contributed by atoms with van der Waals surface area (Å²) in [6.45, 7) is 12.8. The number of aryl methyl sites for hydroxylation is 1. The Morgan fingerprint density at radius 1 is 0.805 bits per heavy atom. The monoisotopic (exact) mass is 1140 g/mol. The van der Waals surface area contributed by atoms with E-state index in [1.165, 1.54) is 4.90 Å². The highest BCUT2D eigenvalue weighted by Gasteiger charge is 2.45. The van der Waals surface area contributed by atoms with Crippen LogP contribution in [0.4, 0.5) is 27.8 Å². The van der Waals surface area contributed by atoms with Gasteiger partial charge in [0.25, 0.3) is 0 Å². The number of hydrogen-bond donors (Lipinski definition) is 4. The number of aromatic nitrogens is 5. The van der Waals surface area contributed by atoms with E-state index in [2.05, 4.69) is 57.5 Å². The second-order valence-electron chi connectivity index (χ2n) is 23.3. The van der Waals surface area contributed by atoms with Crippen LogP contribution in [0.1, 0.15) is 94.7 Å². The molecule has 4 amide bonds. The average molecular weight is 1140 g/mol. The van der Waals surface area contributed by atoms with Crippen molar-refractivity contribution in [3.63, 3.8) is 0 Å². The highest BCUT2D eigenvalue weighted by atomic mass is 32.1. The summed E-state index contributed by atoms with van der Waals surface area (Å²) < 4.78 is 18.9. The largest absolute Gasteiger partial charge is 0.507 e. The van der Waals surface area contributed by atoms with Gasteiger partial charge in [-0.2, -0.15) is 0 Å². The lowest BCUT2D eigenvalue weighted by atomic mass is 9.91. The van der Waals surface area contributed by atoms with Crippen LogP contribution in [0.2, 0.25) is 0 Å². The maximum Gasteiger partial charge on any atom is 0.320 e. The molecule has 0 radical (unpaired) electrons. The molecule has 12 rings (SSSR count). The summed E-state index contributed by atoms with van der Waals surface area (Å²) >= 11 is 1.59. The first-order valence-electron chi connectivity index (χ1n) is 29.0. The van der Waals surface area contributed by atoms with Crippen molar-refractivity contribution < 1.29 is 38.6 Å². The molecule has 5 aliphatic heterocycles. The molecule has 82 heavy (non-hydrogen) atoms. The van der Waals surface area contributed by atoms with Crippen molar-refractivity contribution in [1.82, 2.24) is 45.3 Å². The Morgan fingerprint density at radius 3 is 2.24 bits per heavy atom. The third kappa shape index (κ3) is 11.4. The van der Waals surface area contributed by atoms with Gasteiger partial charge in [0.2, 0.25) is 17.7 Å². The number of aliphatic hydroxyl groups is 1. The molecule has 432 valence electrons. The number of phenols is 1. The van der Waals surface area contributed by atoms with Crippen LogP contribution >= 0.6 is 11.3 Å². The van der Waals surface area contributed by atoms with E-state index in [0.29, 0.717) is 73.8 Å². The van der Waals surface area contributed by atoms with Crippen molar-refractivity contribution in [2.45, 2.75) is 127 Å². The van der Waals surface area contributed by atoms with E-state index in [4.69, 9.17) is 19.7 Å². The Bertz CT molecular complexity index is 3230. The number of likely N-dealkylation sites (tertiary alicyclic amines) is 2. The highest BCUT2D eigenvalue weighted by molar-refractivity contribution is 7.13. The van der Waals surface area contributed by atoms with Crippen molar-refractivity contribution in [3.8, 4) is 33.3 Å². The number of nitrogens with one attached hydrogen (secondary N) is 1. The number of phenolic OH excluding ortho intramolecular Hbond substituents is 1. The van der Waals surface area contributed by atoms with Crippen LogP contribution in [-0.4, -0.2) is 170 Å². The zero-order chi connectivity index (χ0) is 56.8. The summed E-state index contributed by atoms with van der Waals surface area (Å²) in [6, 6.07) is 22.4. The number of rotatable bonds is 15. The number of ether oxygens (including phenoxy) is 2. The van der Waals surface area contributed by atoms with Crippen molar-refractivity contribution in [3.05, 3.63) is 102 Å². The molecule has 6 fully saturated rings. The number of aliphatic hydroxyl groups excluding tert-OH is 1. The summed E-state index contributed by atoms with van der Waals surface area (Å²) in [5.74, 6) is 0.628. The molecular formula is C60H73N13O8S. The molecule has 6 aromatic rings. The number of nitrogens with two attached hydrogens (primary N) is 1. The Labute approximate surface area is 481 Å². The fourth-order valence-corrected chi connectivity index (χ4v) is 13.8. The van der Waals surface area contributed by atoms with E-state index < -0.39 is 18.1 Å². The predicted molar refractivity (Wildman–Crippen MR) is 311 cm³/mol. The Kier molecular flexibility index (Phi) is 15.7. The molecule has 22 heteroatoms. The number of anilines is 4. The number of urea groups is 1. The van der Waals surface area contributed by atoms with Gasteiger partial charge < -0.3 is 64.7 Å². The lowest BCUT2D eigenvalue weighted by molar-refractivity contribution is -0.141. The van der Waals surface area contributed by atoms with Crippen LogP contribution in [0.15, 0.2) is 89.0 Å². The third-order valence-electron chi connectivity index (χ3n) is 17.5. The number of benzene rings is 2. The number of fused-ring (bicyclic) bond motifs is 2. The molecule has 1 aliphatic carbocycles. The number of para-hydroxylation sites is 1. The number of pyridine rings is 1. The number of piperidine rings is 1. The number of piperazine rings is 2. The lowest BCUT2D eigenvalue weighted by Gasteiger charge is -2.43. The van der Waals surface area contributed by atoms with Crippen LogP contribution in [0.3, 0.4) is 0 Å². The smallest absolute Gasteiger partial charge is 0.320 e. The summed E-state index contributed by atoms with van der Waals surface area (Å²) in [5, 5.41) is 37.3. The number of nitrogens with zero attached hydrogens (tertiary/aromatic N) is 11. The molecule has 5 N–H and O–H groups in total. The van der Waals surface area contributed by atoms with Crippen molar-refractivity contribution in [2.75, 3.05) is 79.3 Å². The van der Waals surface area contributed by atoms with E-state index in [1.54, 1.807) is 29.5 Å². The number of β-amino-alcohol motifs (C(OH)–C–C–N with tert-alkyl or cyclic N) is 1. The van der Waals surface area contributed by atoms with Crippen molar-refractivity contribution in [2.24, 2.45) is 5.92 Å². The van der Waals surface area contributed by atoms with Crippen LogP contribution in [0, 0.1) is 12.8 Å². The Balaban J connectivity index is 0.573. The fraction of sp³-hybridized carbons (Fsp3) is 0.500. The SMILES string of the molecule is Cc1ncsc1-c1ccc([C@H](C)NC(=O)[C@@H]2C[C@@H](O)CN2C(=O)[C@@H](c2cc(N3CCN(C(=O)N4CCC(OC5CC(Oc6cc(N7C8CCC7CN(c7cc(-c9ccccc9O)nnc7N)C8)ccn6)C5)CC4)CC3)no2)C(C)C)cc1. The number of carbonyl (C=O) groups excluding carboxylic acids is 3. The fourth-order valence-electron chi connectivity index (χ4n) is 13.0. The minimum Gasteiger partial charge on any atom is -0.507 e. The first-order valence-corrected chi connectivity index (χ1v) is 29.9. The zero-order valence-electron chi connectivity index (χ0n) is 46.9. The minimum absolute atomic E-state index is 0.0207. The van der Waals surface area contributed by atoms with Gasteiger partial charge in [0, 0.05) is 120 Å². The van der Waals surface area contributed by atoms with Gasteiger partial charge in [0.15, 0.2) is 17.4 Å². The quantitative estimate of drug-likeness (QED) is 0.0807. The third-order valence-corrected chi connectivity index (χ3v) is 18.5. The number of amides is 4. The van der Waals surface area contributed by atoms with E-state index in [9.17, 15) is 24.6 Å². The summed E-state index contributed by atoms with van der Waals surface area (Å²) in [5.41, 5.74) is 14.3. The van der Waals surface area contributed by atoms with Gasteiger partial charge in [-0.25, -0.2) is 14.8 Å². The number of carbonyl (C=O) groups is 3. The maximum absolute atomic E-state index is 14.4. The summed E-state index contributed by atoms with van der Waals surface area (Å²) in [7, 11) is 0. The van der Waals surface area contributed by atoms with Crippen LogP contribution < -0.4 is 30.5 Å². The summed E-state index contributed by atoms with van der Waals surface area (Å²) in [4.78, 5) is 64.3. The molecule has 9 heterocycles. The van der Waals surface area contributed by atoms with Gasteiger partial charge in [-0.3, -0.25) is 9.59 Å². The normalized spacial score (nSPS) is 23.7. The van der Waals surface area contributed by atoms with Gasteiger partial charge in [-0.15, -0.1) is 21.5 Å². The Morgan fingerprint density at radius 2 is 1.54 bits per heavy atom. The summed E-state index contributed by atoms with van der Waals surface area (Å²) in [6.07, 6.45) is 6.58. The molecule has 5 saturated heterocycles. The average Bonchev–Trinajstić information content (AvgIpc) is 4.45. The minimum atomic E-state index is -0.841. The molecule has 1 saturated carbocycles. The number of thiazole rings is 1. The number of aromatic hydroxyl groups is 1. The first-order chi connectivity index (χ1) is 39.7. The lowest BCUT2D eigenvalue weighted by Crippen LogP contribution is -2.55. The first kappa shape index (κ1) is 55.0. The number of hydrogen-bond acceptors (Lipinski definition) is 18. The van der Waals surface area contributed by atoms with E-state index in [-0.39, 0.29) is 78.9 Å². The van der Waals surface area contributed by atoms with Gasteiger partial charge in [0.05, 0.1) is 51.8 Å². The van der Waals surface area contributed by atoms with E-state index in [1.807, 2.05) is 91.7 Å². The van der Waals surface area contributed by atoms with E-state index >= 15 is 0 Å². The van der Waals surface area contributed by atoms with Crippen LogP contribution in [0.25, 0.3) is 21.7 Å². The molecule has 2 bridgehead atoms. The van der Waals surface area contributed by atoms with Gasteiger partial charge >= 0.3 is 6.03 Å². The maximum atomic E-state index is 14.4. The van der Waals surface area contributed by atoms with Gasteiger partial charge in [-0.1, -0.05) is 55.4 Å². The molecule has 0 spiro atoms. The molecule has 4 aromatic heterocycles. The highest BCUT2D eigenvalue weighted by Crippen LogP contribution is 2.41. The zero-order valence-corrected chi connectivity index (χ0v) is 47.7. The van der Waals surface area contributed by atoms with Crippen LogP contribution in [-0.2, 0) is 14.3 Å². The van der Waals surface area contributed by atoms with E-state index in [0.717, 1.165) is 84.7 Å². The second kappa shape index (κ2) is 23.4. The Hall–Kier alpha value is -7.56. The molecular weight excluding hydrogens is 1060 g/mol. The van der Waals surface area contributed by atoms with Gasteiger partial charge in [-0.05, 0) is 80.8 Å². The molecule has 6 atom stereocenters. The molecule has 2 aromatic carbocycles.